The highest BCUT2D eigenvalue weighted by molar-refractivity contribution is 9.10. The molecule has 4 nitrogen and oxygen atoms in total. The molecule has 0 aliphatic heterocycles. The molecule has 0 radical (unpaired) electrons. The van der Waals surface area contributed by atoms with Gasteiger partial charge in [0.15, 0.2) is 0 Å². The number of rotatable bonds is 4. The smallest absolute Gasteiger partial charge is 0.256 e. The van der Waals surface area contributed by atoms with Crippen molar-refractivity contribution in [2.75, 3.05) is 19.5 Å². The van der Waals surface area contributed by atoms with Gasteiger partial charge in [-0.3, -0.25) is 4.79 Å². The maximum absolute atomic E-state index is 13.1. The third kappa shape index (κ3) is 3.51. The number of methoxy groups -OCH3 is 2. The van der Waals surface area contributed by atoms with Crippen molar-refractivity contribution in [2.45, 2.75) is 0 Å². The minimum absolute atomic E-state index is 0.289. The van der Waals surface area contributed by atoms with Crippen LogP contribution in [0.1, 0.15) is 10.4 Å². The lowest BCUT2D eigenvalue weighted by Crippen LogP contribution is -2.13. The molecule has 0 unspecified atom stereocenters. The summed E-state index contributed by atoms with van der Waals surface area (Å²) in [6, 6.07) is 6.90. The third-order valence-corrected chi connectivity index (χ3v) is 3.85. The molecule has 0 saturated heterocycles. The summed E-state index contributed by atoms with van der Waals surface area (Å²) < 4.78 is 23.7. The number of amides is 1. The quantitative estimate of drug-likeness (QED) is 0.838. The largest absolute Gasteiger partial charge is 0.495 e. The predicted molar refractivity (Wildman–Crippen MR) is 86.6 cm³/mol. The summed E-state index contributed by atoms with van der Waals surface area (Å²) in [4.78, 5) is 12.3. The van der Waals surface area contributed by atoms with Gasteiger partial charge in [0, 0.05) is 16.6 Å². The Balaban J connectivity index is 2.35. The minimum Gasteiger partial charge on any atom is -0.495 e. The van der Waals surface area contributed by atoms with E-state index in [1.54, 1.807) is 6.07 Å². The fourth-order valence-electron chi connectivity index (χ4n) is 1.82. The van der Waals surface area contributed by atoms with Crippen molar-refractivity contribution in [3.63, 3.8) is 0 Å². The number of hydrogen-bond donors (Lipinski definition) is 1. The van der Waals surface area contributed by atoms with Crippen molar-refractivity contribution in [1.29, 1.82) is 0 Å². The van der Waals surface area contributed by atoms with Crippen LogP contribution in [0.25, 0.3) is 0 Å². The molecule has 1 amide bonds. The second-order valence-corrected chi connectivity index (χ2v) is 5.53. The normalized spacial score (nSPS) is 10.2. The fraction of sp³-hybridized carbons (Fsp3) is 0.133. The number of carbonyl (C=O) groups excluding carboxylic acids is 1. The van der Waals surface area contributed by atoms with E-state index in [1.165, 1.54) is 38.5 Å². The molecule has 0 spiro atoms. The molecule has 0 fully saturated rings. The van der Waals surface area contributed by atoms with Crippen LogP contribution in [0.4, 0.5) is 10.1 Å². The predicted octanol–water partition coefficient (Wildman–Crippen LogP) is 4.51. The Kier molecular flexibility index (Phi) is 5.26. The van der Waals surface area contributed by atoms with E-state index in [2.05, 4.69) is 21.2 Å². The average molecular weight is 389 g/mol. The van der Waals surface area contributed by atoms with Crippen LogP contribution in [0.5, 0.6) is 11.5 Å². The zero-order chi connectivity index (χ0) is 16.3. The third-order valence-electron chi connectivity index (χ3n) is 2.90. The molecule has 0 aromatic heterocycles. The molecular formula is C15H12BrClFNO3. The highest BCUT2D eigenvalue weighted by atomic mass is 79.9. The van der Waals surface area contributed by atoms with E-state index >= 15 is 0 Å². The number of nitrogens with one attached hydrogen (secondary N) is 1. The van der Waals surface area contributed by atoms with Crippen LogP contribution >= 0.6 is 27.5 Å². The monoisotopic (exact) mass is 387 g/mol. The zero-order valence-corrected chi connectivity index (χ0v) is 14.1. The molecule has 2 aromatic carbocycles. The van der Waals surface area contributed by atoms with Gasteiger partial charge in [0.1, 0.15) is 17.3 Å². The van der Waals surface area contributed by atoms with E-state index in [0.29, 0.717) is 26.7 Å². The Morgan fingerprint density at radius 1 is 1.18 bits per heavy atom. The van der Waals surface area contributed by atoms with Gasteiger partial charge in [-0.2, -0.15) is 0 Å². The Morgan fingerprint density at radius 2 is 1.86 bits per heavy atom. The number of ether oxygens (including phenoxy) is 2. The number of anilines is 1. The second kappa shape index (κ2) is 6.98. The SMILES string of the molecule is COc1cc(NC(=O)c2ccc(F)cc2Br)c(OC)cc1Cl. The maximum Gasteiger partial charge on any atom is 0.256 e. The lowest BCUT2D eigenvalue weighted by atomic mass is 10.2. The first-order valence-electron chi connectivity index (χ1n) is 6.14. The van der Waals surface area contributed by atoms with Gasteiger partial charge in [-0.05, 0) is 34.1 Å². The maximum atomic E-state index is 13.1. The summed E-state index contributed by atoms with van der Waals surface area (Å²) in [6.07, 6.45) is 0. The topological polar surface area (TPSA) is 47.6 Å². The Hall–Kier alpha value is -1.79. The van der Waals surface area contributed by atoms with Gasteiger partial charge < -0.3 is 14.8 Å². The van der Waals surface area contributed by atoms with E-state index in [-0.39, 0.29) is 5.56 Å². The molecule has 0 bridgehead atoms. The lowest BCUT2D eigenvalue weighted by Gasteiger charge is -2.13. The first-order chi connectivity index (χ1) is 10.5. The van der Waals surface area contributed by atoms with E-state index in [1.807, 2.05) is 0 Å². The molecule has 2 aromatic rings. The molecule has 22 heavy (non-hydrogen) atoms. The molecule has 0 saturated carbocycles. The Bertz CT molecular complexity index is 724. The van der Waals surface area contributed by atoms with Crippen LogP contribution in [0.15, 0.2) is 34.8 Å². The van der Waals surface area contributed by atoms with Crippen LogP contribution in [0.2, 0.25) is 5.02 Å². The Morgan fingerprint density at radius 3 is 2.45 bits per heavy atom. The van der Waals surface area contributed by atoms with Crippen molar-refractivity contribution in [2.24, 2.45) is 0 Å². The van der Waals surface area contributed by atoms with Crippen molar-refractivity contribution in [1.82, 2.24) is 0 Å². The highest BCUT2D eigenvalue weighted by Gasteiger charge is 2.15. The van der Waals surface area contributed by atoms with Crippen LogP contribution in [-0.4, -0.2) is 20.1 Å². The summed E-state index contributed by atoms with van der Waals surface area (Å²) in [5.74, 6) is -0.0722. The molecule has 0 aliphatic carbocycles. The van der Waals surface area contributed by atoms with Gasteiger partial charge in [-0.15, -0.1) is 0 Å². The van der Waals surface area contributed by atoms with Gasteiger partial charge in [-0.25, -0.2) is 4.39 Å². The summed E-state index contributed by atoms with van der Waals surface area (Å²) in [5, 5.41) is 3.05. The van der Waals surface area contributed by atoms with E-state index < -0.39 is 11.7 Å². The molecule has 0 atom stereocenters. The molecule has 1 N–H and O–H groups in total. The highest BCUT2D eigenvalue weighted by Crippen LogP contribution is 2.36. The molecule has 0 aliphatic rings. The molecule has 2 rings (SSSR count). The van der Waals surface area contributed by atoms with Crippen LogP contribution in [0.3, 0.4) is 0 Å². The van der Waals surface area contributed by atoms with Gasteiger partial charge >= 0.3 is 0 Å². The van der Waals surface area contributed by atoms with Gasteiger partial charge in [0.05, 0.1) is 30.5 Å². The van der Waals surface area contributed by atoms with Crippen LogP contribution in [-0.2, 0) is 0 Å². The number of carbonyl (C=O) groups is 1. The van der Waals surface area contributed by atoms with E-state index in [4.69, 9.17) is 21.1 Å². The van der Waals surface area contributed by atoms with Crippen molar-refractivity contribution in [3.8, 4) is 11.5 Å². The first kappa shape index (κ1) is 16.6. The molecule has 7 heteroatoms. The summed E-state index contributed by atoms with van der Waals surface area (Å²) in [5.41, 5.74) is 0.683. The molecular weight excluding hydrogens is 377 g/mol. The van der Waals surface area contributed by atoms with Gasteiger partial charge in [-0.1, -0.05) is 11.6 Å². The van der Waals surface area contributed by atoms with Gasteiger partial charge in [0.2, 0.25) is 0 Å². The number of hydrogen-bond acceptors (Lipinski definition) is 3. The number of benzene rings is 2. The van der Waals surface area contributed by atoms with Gasteiger partial charge in [0.25, 0.3) is 5.91 Å². The van der Waals surface area contributed by atoms with Crippen LogP contribution < -0.4 is 14.8 Å². The summed E-state index contributed by atoms with van der Waals surface area (Å²) in [6.45, 7) is 0. The lowest BCUT2D eigenvalue weighted by molar-refractivity contribution is 0.102. The van der Waals surface area contributed by atoms with E-state index in [9.17, 15) is 9.18 Å². The van der Waals surface area contributed by atoms with Crippen molar-refractivity contribution < 1.29 is 18.7 Å². The molecule has 116 valence electrons. The zero-order valence-electron chi connectivity index (χ0n) is 11.7. The second-order valence-electron chi connectivity index (χ2n) is 4.27. The van der Waals surface area contributed by atoms with Crippen molar-refractivity contribution in [3.05, 3.63) is 51.2 Å². The fourth-order valence-corrected chi connectivity index (χ4v) is 2.58. The molecule has 0 heterocycles. The standard InChI is InChI=1S/C15H12BrClFNO3/c1-21-13-7-12(14(22-2)6-11(13)17)19-15(20)9-4-3-8(18)5-10(9)16/h3-7H,1-2H3,(H,19,20). The van der Waals surface area contributed by atoms with Crippen molar-refractivity contribution >= 4 is 39.1 Å². The van der Waals surface area contributed by atoms with Crippen LogP contribution in [0, 0.1) is 5.82 Å². The Labute approximate surface area is 140 Å². The average Bonchev–Trinajstić information content (AvgIpc) is 2.48. The van der Waals surface area contributed by atoms with E-state index in [0.717, 1.165) is 0 Å². The number of halogens is 3. The summed E-state index contributed by atoms with van der Waals surface area (Å²) in [7, 11) is 2.93. The minimum atomic E-state index is -0.436. The first-order valence-corrected chi connectivity index (χ1v) is 7.31. The summed E-state index contributed by atoms with van der Waals surface area (Å²) >= 11 is 9.17.